The number of alkyl halides is 3. The standard InChI is InChI=1S/C15H12F4O4/c1-7-10(16)5-4-8(11(7)15(17,18)19)6-9-12(20)22-14(2,3)23-13(9)21/h4-6H,1-3H3. The Kier molecular flexibility index (Phi) is 3.96. The third-order valence-electron chi connectivity index (χ3n) is 3.13. The van der Waals surface area contributed by atoms with Gasteiger partial charge in [0.15, 0.2) is 0 Å². The van der Waals surface area contributed by atoms with Crippen LogP contribution in [0.1, 0.15) is 30.5 Å². The second-order valence-electron chi connectivity index (χ2n) is 5.37. The lowest BCUT2D eigenvalue weighted by atomic mass is 9.98. The van der Waals surface area contributed by atoms with Crippen LogP contribution in [-0.4, -0.2) is 17.7 Å². The summed E-state index contributed by atoms with van der Waals surface area (Å²) in [6, 6.07) is 1.65. The minimum atomic E-state index is -4.86. The first-order valence-corrected chi connectivity index (χ1v) is 6.47. The lowest BCUT2D eigenvalue weighted by Gasteiger charge is -2.29. The maximum atomic E-state index is 13.4. The van der Waals surface area contributed by atoms with E-state index in [0.717, 1.165) is 19.1 Å². The van der Waals surface area contributed by atoms with Crippen molar-refractivity contribution in [1.82, 2.24) is 0 Å². The topological polar surface area (TPSA) is 52.6 Å². The number of hydrogen-bond donors (Lipinski definition) is 0. The Morgan fingerprint density at radius 2 is 1.61 bits per heavy atom. The maximum absolute atomic E-state index is 13.4. The van der Waals surface area contributed by atoms with Crippen LogP contribution < -0.4 is 0 Å². The van der Waals surface area contributed by atoms with Crippen LogP contribution >= 0.6 is 0 Å². The number of halogens is 4. The molecule has 0 radical (unpaired) electrons. The highest BCUT2D eigenvalue weighted by Gasteiger charge is 2.40. The van der Waals surface area contributed by atoms with Crippen molar-refractivity contribution >= 4 is 18.0 Å². The minimum absolute atomic E-state index is 0.528. The van der Waals surface area contributed by atoms with Gasteiger partial charge < -0.3 is 9.47 Å². The maximum Gasteiger partial charge on any atom is 0.417 e. The van der Waals surface area contributed by atoms with Gasteiger partial charge in [-0.1, -0.05) is 6.07 Å². The van der Waals surface area contributed by atoms with Gasteiger partial charge in [-0.05, 0) is 30.2 Å². The Hall–Kier alpha value is -2.38. The quantitative estimate of drug-likeness (QED) is 0.342. The average molecular weight is 332 g/mol. The Labute approximate surface area is 128 Å². The zero-order chi connectivity index (χ0) is 17.6. The molecule has 1 aliphatic rings. The van der Waals surface area contributed by atoms with Gasteiger partial charge in [0.05, 0.1) is 5.56 Å². The van der Waals surface area contributed by atoms with E-state index in [2.05, 4.69) is 0 Å². The van der Waals surface area contributed by atoms with Crippen molar-refractivity contribution in [2.24, 2.45) is 0 Å². The number of cyclic esters (lactones) is 2. The molecule has 1 aliphatic heterocycles. The zero-order valence-electron chi connectivity index (χ0n) is 12.4. The van der Waals surface area contributed by atoms with Crippen LogP contribution in [0.25, 0.3) is 6.08 Å². The molecule has 2 rings (SSSR count). The number of rotatable bonds is 1. The fourth-order valence-electron chi connectivity index (χ4n) is 2.14. The molecule has 124 valence electrons. The van der Waals surface area contributed by atoms with Crippen molar-refractivity contribution in [3.05, 3.63) is 40.2 Å². The van der Waals surface area contributed by atoms with E-state index in [1.165, 1.54) is 13.8 Å². The number of hydrogen-bond acceptors (Lipinski definition) is 4. The molecule has 8 heteroatoms. The van der Waals surface area contributed by atoms with E-state index in [-0.39, 0.29) is 0 Å². The number of benzene rings is 1. The molecular weight excluding hydrogens is 320 g/mol. The third kappa shape index (κ3) is 3.35. The summed E-state index contributed by atoms with van der Waals surface area (Å²) >= 11 is 0. The smallest absolute Gasteiger partial charge is 0.417 e. The molecular formula is C15H12F4O4. The first kappa shape index (κ1) is 17.0. The van der Waals surface area contributed by atoms with E-state index in [4.69, 9.17) is 9.47 Å². The van der Waals surface area contributed by atoms with Gasteiger partial charge in [0.2, 0.25) is 0 Å². The number of esters is 2. The SMILES string of the molecule is Cc1c(F)ccc(C=C2C(=O)OC(C)(C)OC2=O)c1C(F)(F)F. The van der Waals surface area contributed by atoms with Crippen molar-refractivity contribution in [1.29, 1.82) is 0 Å². The van der Waals surface area contributed by atoms with Gasteiger partial charge in [-0.25, -0.2) is 14.0 Å². The summed E-state index contributed by atoms with van der Waals surface area (Å²) in [5, 5.41) is 0. The van der Waals surface area contributed by atoms with Crippen molar-refractivity contribution < 1.29 is 36.6 Å². The van der Waals surface area contributed by atoms with Crippen molar-refractivity contribution in [2.45, 2.75) is 32.7 Å². The summed E-state index contributed by atoms with van der Waals surface area (Å²) in [7, 11) is 0. The summed E-state index contributed by atoms with van der Waals surface area (Å²) < 4.78 is 62.4. The van der Waals surface area contributed by atoms with E-state index < -0.39 is 52.0 Å². The number of carbonyl (C=O) groups excluding carboxylic acids is 2. The van der Waals surface area contributed by atoms with Gasteiger partial charge in [-0.2, -0.15) is 13.2 Å². The zero-order valence-corrected chi connectivity index (χ0v) is 12.4. The van der Waals surface area contributed by atoms with E-state index in [0.29, 0.717) is 6.08 Å². The Balaban J connectivity index is 2.58. The molecule has 1 aromatic carbocycles. The molecule has 1 fully saturated rings. The van der Waals surface area contributed by atoms with Gasteiger partial charge >= 0.3 is 18.1 Å². The lowest BCUT2D eigenvalue weighted by molar-refractivity contribution is -0.222. The fraction of sp³-hybridized carbons (Fsp3) is 0.333. The summed E-state index contributed by atoms with van der Waals surface area (Å²) in [5.41, 5.74) is -3.12. The monoisotopic (exact) mass is 332 g/mol. The van der Waals surface area contributed by atoms with E-state index in [9.17, 15) is 27.2 Å². The molecule has 0 spiro atoms. The fourth-order valence-corrected chi connectivity index (χ4v) is 2.14. The van der Waals surface area contributed by atoms with Gasteiger partial charge in [0.25, 0.3) is 5.79 Å². The van der Waals surface area contributed by atoms with E-state index in [1.807, 2.05) is 0 Å². The van der Waals surface area contributed by atoms with Crippen LogP contribution in [-0.2, 0) is 25.2 Å². The largest absolute Gasteiger partial charge is 0.419 e. The van der Waals surface area contributed by atoms with Crippen LogP contribution in [0.4, 0.5) is 17.6 Å². The molecule has 0 atom stereocenters. The number of carbonyl (C=O) groups is 2. The highest BCUT2D eigenvalue weighted by molar-refractivity contribution is 6.19. The summed E-state index contributed by atoms with van der Waals surface area (Å²) in [5.74, 6) is -4.77. The molecule has 0 aliphatic carbocycles. The summed E-state index contributed by atoms with van der Waals surface area (Å²) in [6.07, 6.45) is -4.17. The first-order chi connectivity index (χ1) is 10.4. The van der Waals surface area contributed by atoms with Gasteiger partial charge in [-0.15, -0.1) is 0 Å². The molecule has 23 heavy (non-hydrogen) atoms. The van der Waals surface area contributed by atoms with Gasteiger partial charge in [0, 0.05) is 13.8 Å². The average Bonchev–Trinajstić information content (AvgIpc) is 2.35. The van der Waals surface area contributed by atoms with Crippen LogP contribution in [0, 0.1) is 12.7 Å². The van der Waals surface area contributed by atoms with Crippen LogP contribution in [0.15, 0.2) is 17.7 Å². The molecule has 0 saturated carbocycles. The van der Waals surface area contributed by atoms with Crippen molar-refractivity contribution in [3.63, 3.8) is 0 Å². The highest BCUT2D eigenvalue weighted by atomic mass is 19.4. The molecule has 4 nitrogen and oxygen atoms in total. The third-order valence-corrected chi connectivity index (χ3v) is 3.13. The second kappa shape index (κ2) is 5.36. The van der Waals surface area contributed by atoms with Gasteiger partial charge in [-0.3, -0.25) is 0 Å². The van der Waals surface area contributed by atoms with Crippen LogP contribution in [0.5, 0.6) is 0 Å². The minimum Gasteiger partial charge on any atom is -0.419 e. The molecule has 0 aromatic heterocycles. The van der Waals surface area contributed by atoms with E-state index >= 15 is 0 Å². The Morgan fingerprint density at radius 3 is 2.09 bits per heavy atom. The predicted octanol–water partition coefficient (Wildman–Crippen LogP) is 3.37. The molecule has 0 unspecified atom stereocenters. The Bertz CT molecular complexity index is 695. The normalized spacial score (nSPS) is 17.6. The van der Waals surface area contributed by atoms with Crippen molar-refractivity contribution in [3.8, 4) is 0 Å². The molecule has 0 bridgehead atoms. The predicted molar refractivity (Wildman–Crippen MR) is 70.4 cm³/mol. The molecule has 0 amide bonds. The van der Waals surface area contributed by atoms with E-state index in [1.54, 1.807) is 0 Å². The molecule has 1 aromatic rings. The van der Waals surface area contributed by atoms with Crippen molar-refractivity contribution in [2.75, 3.05) is 0 Å². The summed E-state index contributed by atoms with van der Waals surface area (Å²) in [6.45, 7) is 3.58. The summed E-state index contributed by atoms with van der Waals surface area (Å²) in [4.78, 5) is 23.6. The molecule has 1 saturated heterocycles. The van der Waals surface area contributed by atoms with Gasteiger partial charge in [0.1, 0.15) is 11.4 Å². The Morgan fingerprint density at radius 1 is 1.09 bits per heavy atom. The molecule has 1 heterocycles. The van der Waals surface area contributed by atoms with Crippen LogP contribution in [0.3, 0.4) is 0 Å². The lowest BCUT2D eigenvalue weighted by Crippen LogP contribution is -2.41. The second-order valence-corrected chi connectivity index (χ2v) is 5.37. The number of ether oxygens (including phenoxy) is 2. The molecule has 0 N–H and O–H groups in total. The highest BCUT2D eigenvalue weighted by Crippen LogP contribution is 2.37. The van der Waals surface area contributed by atoms with Crippen LogP contribution in [0.2, 0.25) is 0 Å². The first-order valence-electron chi connectivity index (χ1n) is 6.47.